The number of nitrogens with two attached hydrogens (primary N) is 1. The lowest BCUT2D eigenvalue weighted by atomic mass is 10.1. The highest BCUT2D eigenvalue weighted by Crippen LogP contribution is 2.21. The molecule has 0 amide bonds. The van der Waals surface area contributed by atoms with Gasteiger partial charge in [0.2, 0.25) is 0 Å². The molecule has 0 aliphatic heterocycles. The normalized spacial score (nSPS) is 10.6. The van der Waals surface area contributed by atoms with Crippen LogP contribution in [0.25, 0.3) is 0 Å². The molecule has 0 spiro atoms. The number of aromatic nitrogens is 2. The van der Waals surface area contributed by atoms with Crippen molar-refractivity contribution in [1.29, 1.82) is 0 Å². The van der Waals surface area contributed by atoms with E-state index >= 15 is 0 Å². The van der Waals surface area contributed by atoms with Gasteiger partial charge in [-0.1, -0.05) is 23.7 Å². The first-order valence-electron chi connectivity index (χ1n) is 5.45. The molecule has 0 bridgehead atoms. The molecule has 0 aliphatic rings. The molecule has 100 valence electrons. The van der Waals surface area contributed by atoms with Crippen LogP contribution in [0.4, 0.5) is 14.6 Å². The van der Waals surface area contributed by atoms with Crippen molar-refractivity contribution in [3.05, 3.63) is 51.9 Å². The molecule has 2 rings (SSSR count). The molecule has 0 atom stereocenters. The van der Waals surface area contributed by atoms with Crippen molar-refractivity contribution in [2.45, 2.75) is 13.3 Å². The summed E-state index contributed by atoms with van der Waals surface area (Å²) in [7, 11) is 0. The maximum Gasteiger partial charge on any atom is 0.187 e. The average Bonchev–Trinajstić information content (AvgIpc) is 2.39. The van der Waals surface area contributed by atoms with Gasteiger partial charge in [-0.2, -0.15) is 0 Å². The number of hydrogen-bond donors (Lipinski definition) is 2. The van der Waals surface area contributed by atoms with Crippen molar-refractivity contribution in [2.24, 2.45) is 5.84 Å². The first-order valence-corrected chi connectivity index (χ1v) is 5.83. The summed E-state index contributed by atoms with van der Waals surface area (Å²) in [6.07, 6.45) is 0.0994. The minimum absolute atomic E-state index is 0.0218. The van der Waals surface area contributed by atoms with Gasteiger partial charge in [0, 0.05) is 6.42 Å². The largest absolute Gasteiger partial charge is 0.306 e. The highest BCUT2D eigenvalue weighted by atomic mass is 35.5. The summed E-state index contributed by atoms with van der Waals surface area (Å²) in [5.74, 6) is 4.14. The zero-order chi connectivity index (χ0) is 14.0. The van der Waals surface area contributed by atoms with E-state index in [2.05, 4.69) is 15.4 Å². The van der Waals surface area contributed by atoms with Crippen molar-refractivity contribution in [3.63, 3.8) is 0 Å². The number of nitrogens with one attached hydrogen (secondary N) is 1. The molecule has 0 fully saturated rings. The zero-order valence-electron chi connectivity index (χ0n) is 10.0. The molecule has 0 radical (unpaired) electrons. The number of hydrogen-bond acceptors (Lipinski definition) is 4. The number of benzene rings is 1. The Balaban J connectivity index is 2.38. The minimum atomic E-state index is -0.627. The van der Waals surface area contributed by atoms with Crippen LogP contribution in [0.2, 0.25) is 5.02 Å². The number of rotatable bonds is 3. The molecule has 3 N–H and O–H groups in total. The van der Waals surface area contributed by atoms with Gasteiger partial charge in [0.25, 0.3) is 0 Å². The summed E-state index contributed by atoms with van der Waals surface area (Å²) in [5, 5.41) is 0.0218. The average molecular weight is 285 g/mol. The second kappa shape index (κ2) is 5.46. The number of anilines is 1. The smallest absolute Gasteiger partial charge is 0.187 e. The van der Waals surface area contributed by atoms with Crippen molar-refractivity contribution in [3.8, 4) is 0 Å². The minimum Gasteiger partial charge on any atom is -0.306 e. The van der Waals surface area contributed by atoms with Gasteiger partial charge in [0.05, 0.1) is 10.7 Å². The van der Waals surface area contributed by atoms with E-state index in [-0.39, 0.29) is 28.8 Å². The van der Waals surface area contributed by atoms with E-state index in [4.69, 9.17) is 17.4 Å². The maximum absolute atomic E-state index is 13.7. The number of hydrazine groups is 1. The van der Waals surface area contributed by atoms with Gasteiger partial charge in [-0.15, -0.1) is 0 Å². The monoisotopic (exact) mass is 284 g/mol. The standard InChI is InChI=1S/C12H11ClF2N4/c1-6-10(14)12(19-16)18-9(17-6)5-7-3-2-4-8(13)11(7)15/h2-4H,5,16H2,1H3,(H,17,18,19). The Morgan fingerprint density at radius 3 is 2.68 bits per heavy atom. The predicted molar refractivity (Wildman–Crippen MR) is 68.8 cm³/mol. The van der Waals surface area contributed by atoms with Crippen LogP contribution < -0.4 is 11.3 Å². The number of halogens is 3. The van der Waals surface area contributed by atoms with Gasteiger partial charge in [-0.05, 0) is 18.6 Å². The SMILES string of the molecule is Cc1nc(Cc2cccc(Cl)c2F)nc(NN)c1F. The van der Waals surface area contributed by atoms with Crippen LogP contribution in [-0.4, -0.2) is 9.97 Å². The second-order valence-electron chi connectivity index (χ2n) is 3.92. The lowest BCUT2D eigenvalue weighted by Gasteiger charge is -2.08. The molecule has 1 heterocycles. The van der Waals surface area contributed by atoms with E-state index in [9.17, 15) is 8.78 Å². The van der Waals surface area contributed by atoms with Gasteiger partial charge >= 0.3 is 0 Å². The van der Waals surface area contributed by atoms with E-state index in [1.165, 1.54) is 13.0 Å². The molecule has 0 unspecified atom stereocenters. The quantitative estimate of drug-likeness (QED) is 0.672. The maximum atomic E-state index is 13.7. The van der Waals surface area contributed by atoms with Crippen molar-refractivity contribution in [2.75, 3.05) is 5.43 Å². The molecule has 19 heavy (non-hydrogen) atoms. The third kappa shape index (κ3) is 2.80. The fourth-order valence-corrected chi connectivity index (χ4v) is 1.84. The van der Waals surface area contributed by atoms with Crippen LogP contribution >= 0.6 is 11.6 Å². The van der Waals surface area contributed by atoms with E-state index < -0.39 is 11.6 Å². The summed E-state index contributed by atoms with van der Waals surface area (Å²) in [5.41, 5.74) is 2.62. The van der Waals surface area contributed by atoms with E-state index in [1.54, 1.807) is 12.1 Å². The van der Waals surface area contributed by atoms with Gasteiger partial charge in [-0.3, -0.25) is 0 Å². The van der Waals surface area contributed by atoms with Gasteiger partial charge in [0.1, 0.15) is 11.6 Å². The predicted octanol–water partition coefficient (Wildman–Crippen LogP) is 2.59. The zero-order valence-corrected chi connectivity index (χ0v) is 10.8. The molecule has 2 aromatic rings. The van der Waals surface area contributed by atoms with E-state index in [0.717, 1.165) is 0 Å². The molecular formula is C12H11ClF2N4. The van der Waals surface area contributed by atoms with Crippen molar-refractivity contribution in [1.82, 2.24) is 9.97 Å². The molecule has 1 aromatic heterocycles. The molecular weight excluding hydrogens is 274 g/mol. The summed E-state index contributed by atoms with van der Waals surface area (Å²) in [6, 6.07) is 4.64. The van der Waals surface area contributed by atoms with Crippen LogP contribution in [0.1, 0.15) is 17.1 Å². The van der Waals surface area contributed by atoms with Crippen LogP contribution in [0.5, 0.6) is 0 Å². The first kappa shape index (κ1) is 13.6. The second-order valence-corrected chi connectivity index (χ2v) is 4.33. The van der Waals surface area contributed by atoms with Gasteiger partial charge < -0.3 is 5.43 Å². The first-order chi connectivity index (χ1) is 9.02. The van der Waals surface area contributed by atoms with E-state index in [0.29, 0.717) is 5.56 Å². The van der Waals surface area contributed by atoms with Crippen LogP contribution in [0.15, 0.2) is 18.2 Å². The molecule has 7 heteroatoms. The molecule has 0 aliphatic carbocycles. The van der Waals surface area contributed by atoms with Gasteiger partial charge in [-0.25, -0.2) is 24.6 Å². The molecule has 4 nitrogen and oxygen atoms in total. The molecule has 0 saturated carbocycles. The number of aryl methyl sites for hydroxylation is 1. The summed E-state index contributed by atoms with van der Waals surface area (Å²) < 4.78 is 27.2. The number of nitrogens with zero attached hydrogens (tertiary/aromatic N) is 2. The molecule has 1 aromatic carbocycles. The lowest BCUT2D eigenvalue weighted by molar-refractivity contribution is 0.596. The fraction of sp³-hybridized carbons (Fsp3) is 0.167. The third-order valence-electron chi connectivity index (χ3n) is 2.58. The summed E-state index contributed by atoms with van der Waals surface area (Å²) in [4.78, 5) is 7.84. The highest BCUT2D eigenvalue weighted by molar-refractivity contribution is 6.30. The topological polar surface area (TPSA) is 63.8 Å². The van der Waals surface area contributed by atoms with Gasteiger partial charge in [0.15, 0.2) is 11.6 Å². The highest BCUT2D eigenvalue weighted by Gasteiger charge is 2.13. The lowest BCUT2D eigenvalue weighted by Crippen LogP contribution is -2.14. The summed E-state index contributed by atoms with van der Waals surface area (Å²) >= 11 is 5.69. The summed E-state index contributed by atoms with van der Waals surface area (Å²) in [6.45, 7) is 1.48. The fourth-order valence-electron chi connectivity index (χ4n) is 1.65. The Morgan fingerprint density at radius 1 is 1.26 bits per heavy atom. The molecule has 0 saturated heterocycles. The van der Waals surface area contributed by atoms with Crippen LogP contribution in [0, 0.1) is 18.6 Å². The third-order valence-corrected chi connectivity index (χ3v) is 2.87. The van der Waals surface area contributed by atoms with Crippen molar-refractivity contribution >= 4 is 17.4 Å². The Kier molecular flexibility index (Phi) is 3.92. The Bertz CT molecular complexity index is 619. The van der Waals surface area contributed by atoms with Crippen molar-refractivity contribution < 1.29 is 8.78 Å². The van der Waals surface area contributed by atoms with E-state index in [1.807, 2.05) is 0 Å². The Labute approximate surface area is 113 Å². The Morgan fingerprint density at radius 2 is 2.00 bits per heavy atom. The number of nitrogen functional groups attached to an aromatic ring is 1. The van der Waals surface area contributed by atoms with Crippen LogP contribution in [-0.2, 0) is 6.42 Å². The Hall–Kier alpha value is -1.79. The van der Waals surface area contributed by atoms with Crippen LogP contribution in [0.3, 0.4) is 0 Å².